The third-order valence-electron chi connectivity index (χ3n) is 2.94. The van der Waals surface area contributed by atoms with Crippen LogP contribution in [0.3, 0.4) is 0 Å². The Labute approximate surface area is 106 Å². The summed E-state index contributed by atoms with van der Waals surface area (Å²) in [5, 5.41) is 10.8. The van der Waals surface area contributed by atoms with Crippen LogP contribution in [0.5, 0.6) is 0 Å². The molecular weight excluding hydrogens is 230 g/mol. The van der Waals surface area contributed by atoms with Gasteiger partial charge in [-0.25, -0.2) is 4.98 Å². The average Bonchev–Trinajstić information content (AvgIpc) is 2.79. The van der Waals surface area contributed by atoms with Crippen LogP contribution in [-0.2, 0) is 4.79 Å². The first-order chi connectivity index (χ1) is 8.74. The second-order valence-electron chi connectivity index (χ2n) is 4.06. The zero-order valence-corrected chi connectivity index (χ0v) is 10.6. The summed E-state index contributed by atoms with van der Waals surface area (Å²) < 4.78 is 0. The second kappa shape index (κ2) is 5.68. The molecule has 0 fully saturated rings. The number of nitrogens with one attached hydrogen (secondary N) is 1. The number of amides is 1. The molecular formula is C12H17N5O. The Morgan fingerprint density at radius 3 is 2.94 bits per heavy atom. The Morgan fingerprint density at radius 2 is 2.22 bits per heavy atom. The van der Waals surface area contributed by atoms with E-state index < -0.39 is 6.17 Å². The molecule has 1 atom stereocenters. The van der Waals surface area contributed by atoms with Crippen molar-refractivity contribution in [2.24, 2.45) is 10.2 Å². The fraction of sp³-hybridized carbons (Fsp3) is 0.500. The van der Waals surface area contributed by atoms with Gasteiger partial charge in [-0.15, -0.1) is 5.11 Å². The van der Waals surface area contributed by atoms with Crippen LogP contribution >= 0.6 is 0 Å². The van der Waals surface area contributed by atoms with E-state index in [1.54, 1.807) is 6.20 Å². The van der Waals surface area contributed by atoms with Gasteiger partial charge in [0.05, 0.1) is 6.54 Å². The van der Waals surface area contributed by atoms with Gasteiger partial charge < -0.3 is 5.32 Å². The molecule has 6 heteroatoms. The topological polar surface area (TPSA) is 70.0 Å². The van der Waals surface area contributed by atoms with Crippen LogP contribution in [0.2, 0.25) is 0 Å². The third-order valence-corrected chi connectivity index (χ3v) is 2.94. The molecule has 0 saturated carbocycles. The lowest BCUT2D eigenvalue weighted by Crippen LogP contribution is -2.38. The molecule has 1 N–H and O–H groups in total. The summed E-state index contributed by atoms with van der Waals surface area (Å²) in [6, 6.07) is 3.70. The number of fused-ring (bicyclic) bond motifs is 1. The van der Waals surface area contributed by atoms with E-state index in [1.807, 2.05) is 30.9 Å². The first-order valence-corrected chi connectivity index (χ1v) is 6.12. The number of aromatic nitrogens is 1. The number of carbonyl (C=O) groups is 1. The van der Waals surface area contributed by atoms with Gasteiger partial charge in [-0.05, 0) is 25.2 Å². The molecule has 1 aromatic heterocycles. The minimum Gasteiger partial charge on any atom is -0.328 e. The summed E-state index contributed by atoms with van der Waals surface area (Å²) in [6.45, 7) is 6.16. The van der Waals surface area contributed by atoms with Gasteiger partial charge in [0.15, 0.2) is 12.0 Å². The quantitative estimate of drug-likeness (QED) is 0.859. The monoisotopic (exact) mass is 247 g/mol. The van der Waals surface area contributed by atoms with E-state index in [0.717, 1.165) is 18.7 Å². The predicted octanol–water partition coefficient (Wildman–Crippen LogP) is 1.64. The van der Waals surface area contributed by atoms with Gasteiger partial charge in [0.25, 0.3) is 0 Å². The van der Waals surface area contributed by atoms with E-state index in [-0.39, 0.29) is 5.91 Å². The zero-order valence-electron chi connectivity index (χ0n) is 10.6. The van der Waals surface area contributed by atoms with Crippen molar-refractivity contribution < 1.29 is 4.79 Å². The number of azo groups is 1. The van der Waals surface area contributed by atoms with Crippen LogP contribution in [0, 0.1) is 0 Å². The highest BCUT2D eigenvalue weighted by Crippen LogP contribution is 2.31. The maximum Gasteiger partial charge on any atom is 0.236 e. The number of nitrogens with zero attached hydrogens (tertiary/aromatic N) is 4. The molecule has 1 aliphatic rings. The minimum atomic E-state index is -0.392. The summed E-state index contributed by atoms with van der Waals surface area (Å²) in [6.07, 6.45) is 1.27. The van der Waals surface area contributed by atoms with Crippen molar-refractivity contribution in [3.8, 4) is 0 Å². The molecule has 0 bridgehead atoms. The first kappa shape index (κ1) is 12.6. The highest BCUT2D eigenvalue weighted by atomic mass is 16.2. The molecule has 1 aromatic rings. The van der Waals surface area contributed by atoms with E-state index in [2.05, 4.69) is 20.5 Å². The van der Waals surface area contributed by atoms with Gasteiger partial charge in [-0.1, -0.05) is 13.8 Å². The summed E-state index contributed by atoms with van der Waals surface area (Å²) in [4.78, 5) is 18.0. The molecule has 0 saturated heterocycles. The van der Waals surface area contributed by atoms with Crippen LogP contribution in [0.1, 0.15) is 25.6 Å². The number of carbonyl (C=O) groups excluding carboxylic acids is 1. The fourth-order valence-electron chi connectivity index (χ4n) is 1.84. The number of rotatable bonds is 5. The van der Waals surface area contributed by atoms with Crippen LogP contribution in [0.15, 0.2) is 28.6 Å². The summed E-state index contributed by atoms with van der Waals surface area (Å²) in [5.74, 6) is 0.546. The van der Waals surface area contributed by atoms with E-state index in [9.17, 15) is 4.79 Å². The predicted molar refractivity (Wildman–Crippen MR) is 67.4 cm³/mol. The van der Waals surface area contributed by atoms with Crippen molar-refractivity contribution in [3.05, 3.63) is 23.9 Å². The molecule has 2 heterocycles. The normalized spacial score (nSPS) is 16.9. The average molecular weight is 247 g/mol. The zero-order chi connectivity index (χ0) is 13.0. The molecule has 0 radical (unpaired) electrons. The van der Waals surface area contributed by atoms with Crippen LogP contribution in [0.25, 0.3) is 0 Å². The van der Waals surface area contributed by atoms with E-state index in [0.29, 0.717) is 12.4 Å². The minimum absolute atomic E-state index is 0.0423. The second-order valence-corrected chi connectivity index (χ2v) is 4.06. The molecule has 6 nitrogen and oxygen atoms in total. The largest absolute Gasteiger partial charge is 0.328 e. The Morgan fingerprint density at radius 1 is 1.44 bits per heavy atom. The van der Waals surface area contributed by atoms with Crippen molar-refractivity contribution in [2.75, 3.05) is 19.6 Å². The number of hydrogen-bond donors (Lipinski definition) is 1. The smallest absolute Gasteiger partial charge is 0.236 e. The number of likely N-dealkylation sites (N-methyl/N-ethyl adjacent to an activating group) is 1. The molecule has 1 unspecified atom stereocenters. The lowest BCUT2D eigenvalue weighted by atomic mass is 10.2. The molecule has 0 spiro atoms. The van der Waals surface area contributed by atoms with Crippen molar-refractivity contribution in [1.82, 2.24) is 15.2 Å². The Kier molecular flexibility index (Phi) is 3.99. The van der Waals surface area contributed by atoms with Crippen molar-refractivity contribution in [2.45, 2.75) is 20.0 Å². The highest BCUT2D eigenvalue weighted by Gasteiger charge is 2.23. The highest BCUT2D eigenvalue weighted by molar-refractivity contribution is 5.78. The molecule has 1 amide bonds. The lowest BCUT2D eigenvalue weighted by molar-refractivity contribution is -0.122. The lowest BCUT2D eigenvalue weighted by Gasteiger charge is -2.18. The third kappa shape index (κ3) is 2.70. The molecule has 0 aromatic carbocycles. The summed E-state index contributed by atoms with van der Waals surface area (Å²) >= 11 is 0. The molecule has 18 heavy (non-hydrogen) atoms. The van der Waals surface area contributed by atoms with Crippen LogP contribution in [-0.4, -0.2) is 35.4 Å². The van der Waals surface area contributed by atoms with E-state index in [4.69, 9.17) is 0 Å². The standard InChI is InChI=1S/C12H17N5O/c1-3-17(4-2)8-10(18)14-12-9-6-5-7-13-11(9)15-16-12/h5-7,12H,3-4,8H2,1-2H3,(H,14,18). The van der Waals surface area contributed by atoms with Crippen LogP contribution in [0.4, 0.5) is 5.82 Å². The van der Waals surface area contributed by atoms with Crippen molar-refractivity contribution >= 4 is 11.7 Å². The molecule has 0 aliphatic carbocycles. The Bertz CT molecular complexity index is 456. The maximum atomic E-state index is 11.9. The van der Waals surface area contributed by atoms with Gasteiger partial charge >= 0.3 is 0 Å². The summed E-state index contributed by atoms with van der Waals surface area (Å²) in [5.41, 5.74) is 0.852. The Hall–Kier alpha value is -1.82. The SMILES string of the molecule is CCN(CC)CC(=O)NC1N=Nc2ncccc21. The van der Waals surface area contributed by atoms with Gasteiger partial charge in [-0.2, -0.15) is 5.11 Å². The first-order valence-electron chi connectivity index (χ1n) is 6.12. The molecule has 96 valence electrons. The number of pyridine rings is 1. The van der Waals surface area contributed by atoms with Gasteiger partial charge in [-0.3, -0.25) is 9.69 Å². The van der Waals surface area contributed by atoms with Gasteiger partial charge in [0.1, 0.15) is 0 Å². The number of hydrogen-bond acceptors (Lipinski definition) is 5. The van der Waals surface area contributed by atoms with Crippen molar-refractivity contribution in [1.29, 1.82) is 0 Å². The Balaban J connectivity index is 1.96. The van der Waals surface area contributed by atoms with Gasteiger partial charge in [0, 0.05) is 11.8 Å². The van der Waals surface area contributed by atoms with Crippen LogP contribution < -0.4 is 5.32 Å². The van der Waals surface area contributed by atoms with Crippen molar-refractivity contribution in [3.63, 3.8) is 0 Å². The van der Waals surface area contributed by atoms with Gasteiger partial charge in [0.2, 0.25) is 5.91 Å². The molecule has 2 rings (SSSR count). The summed E-state index contributed by atoms with van der Waals surface area (Å²) in [7, 11) is 0. The van der Waals surface area contributed by atoms with E-state index >= 15 is 0 Å². The fourth-order valence-corrected chi connectivity index (χ4v) is 1.84. The molecule has 1 aliphatic heterocycles. The van der Waals surface area contributed by atoms with E-state index in [1.165, 1.54) is 0 Å². The maximum absolute atomic E-state index is 11.9.